The molecule has 0 saturated carbocycles. The minimum Gasteiger partial charge on any atom is -0.469 e. The van der Waals surface area contributed by atoms with E-state index in [1.54, 1.807) is 6.26 Å². The molecule has 1 heterocycles. The van der Waals surface area contributed by atoms with E-state index in [0.717, 1.165) is 12.2 Å². The van der Waals surface area contributed by atoms with Crippen LogP contribution in [-0.4, -0.2) is 11.4 Å². The quantitative estimate of drug-likeness (QED) is 0.809. The van der Waals surface area contributed by atoms with Gasteiger partial charge < -0.3 is 9.73 Å². The molecule has 0 aromatic carbocycles. The normalized spacial score (nSPS) is 11.4. The number of hydrogen-bond donors (Lipinski definition) is 1. The number of carbonyl (C=O) groups is 1. The van der Waals surface area contributed by atoms with E-state index >= 15 is 0 Å². The first-order valence-electron chi connectivity index (χ1n) is 5.37. The highest BCUT2D eigenvalue weighted by atomic mass is 16.3. The summed E-state index contributed by atoms with van der Waals surface area (Å²) < 4.78 is 5.16. The molecule has 0 unspecified atom stereocenters. The van der Waals surface area contributed by atoms with Gasteiger partial charge in [-0.3, -0.25) is 4.79 Å². The Morgan fingerprint density at radius 2 is 2.27 bits per heavy atom. The molecule has 1 aromatic rings. The molecule has 0 bridgehead atoms. The summed E-state index contributed by atoms with van der Waals surface area (Å²) in [6.07, 6.45) is 3.71. The molecule has 3 nitrogen and oxygen atoms in total. The van der Waals surface area contributed by atoms with Crippen LogP contribution in [0.4, 0.5) is 0 Å². The Morgan fingerprint density at radius 1 is 1.53 bits per heavy atom. The van der Waals surface area contributed by atoms with Crippen molar-refractivity contribution >= 4 is 5.91 Å². The van der Waals surface area contributed by atoms with E-state index < -0.39 is 0 Å². The van der Waals surface area contributed by atoms with Gasteiger partial charge in [0.2, 0.25) is 5.91 Å². The van der Waals surface area contributed by atoms with Gasteiger partial charge in [-0.2, -0.15) is 0 Å². The van der Waals surface area contributed by atoms with Crippen molar-refractivity contribution in [2.45, 2.75) is 45.6 Å². The van der Waals surface area contributed by atoms with E-state index in [1.807, 2.05) is 26.0 Å². The van der Waals surface area contributed by atoms with Gasteiger partial charge in [0.15, 0.2) is 0 Å². The van der Waals surface area contributed by atoms with Crippen LogP contribution in [0.3, 0.4) is 0 Å². The van der Waals surface area contributed by atoms with Crippen LogP contribution in [-0.2, 0) is 11.2 Å². The Bertz CT molecular complexity index is 301. The molecule has 0 aliphatic rings. The molecule has 1 amide bonds. The Morgan fingerprint density at radius 3 is 2.80 bits per heavy atom. The Hall–Kier alpha value is -1.25. The van der Waals surface area contributed by atoms with E-state index in [2.05, 4.69) is 12.2 Å². The second-order valence-corrected chi connectivity index (χ2v) is 4.36. The number of nitrogens with one attached hydrogen (secondary N) is 1. The lowest BCUT2D eigenvalue weighted by Crippen LogP contribution is -2.42. The summed E-state index contributed by atoms with van der Waals surface area (Å²) in [6.45, 7) is 6.11. The van der Waals surface area contributed by atoms with E-state index in [9.17, 15) is 4.79 Å². The van der Waals surface area contributed by atoms with Gasteiger partial charge in [0.25, 0.3) is 0 Å². The van der Waals surface area contributed by atoms with Gasteiger partial charge in [-0.25, -0.2) is 0 Å². The zero-order chi connectivity index (χ0) is 11.3. The van der Waals surface area contributed by atoms with Crippen LogP contribution in [0.2, 0.25) is 0 Å². The van der Waals surface area contributed by atoms with Gasteiger partial charge in [-0.15, -0.1) is 0 Å². The van der Waals surface area contributed by atoms with Crippen LogP contribution in [0.1, 0.15) is 39.4 Å². The largest absolute Gasteiger partial charge is 0.469 e. The minimum atomic E-state index is -0.111. The van der Waals surface area contributed by atoms with E-state index in [1.165, 1.54) is 0 Å². The fourth-order valence-electron chi connectivity index (χ4n) is 1.22. The van der Waals surface area contributed by atoms with Crippen molar-refractivity contribution in [2.24, 2.45) is 0 Å². The molecule has 0 radical (unpaired) electrons. The second kappa shape index (κ2) is 5.01. The number of rotatable bonds is 5. The molecule has 1 rings (SSSR count). The lowest BCUT2D eigenvalue weighted by Gasteiger charge is -2.24. The highest BCUT2D eigenvalue weighted by Crippen LogP contribution is 2.08. The first kappa shape index (κ1) is 11.8. The predicted molar refractivity (Wildman–Crippen MR) is 59.5 cm³/mol. The fraction of sp³-hybridized carbons (Fsp3) is 0.583. The van der Waals surface area contributed by atoms with Gasteiger partial charge in [0.05, 0.1) is 6.26 Å². The third kappa shape index (κ3) is 4.19. The van der Waals surface area contributed by atoms with E-state index in [-0.39, 0.29) is 11.4 Å². The SMILES string of the molecule is CCC(C)(C)NC(=O)CCc1ccco1. The second-order valence-electron chi connectivity index (χ2n) is 4.36. The molecular weight excluding hydrogens is 190 g/mol. The first-order valence-corrected chi connectivity index (χ1v) is 5.37. The van der Waals surface area contributed by atoms with Crippen LogP contribution < -0.4 is 5.32 Å². The van der Waals surface area contributed by atoms with Gasteiger partial charge in [0.1, 0.15) is 5.76 Å². The molecule has 0 aliphatic carbocycles. The molecule has 0 spiro atoms. The average Bonchev–Trinajstić information content (AvgIpc) is 2.66. The van der Waals surface area contributed by atoms with Gasteiger partial charge >= 0.3 is 0 Å². The number of hydrogen-bond acceptors (Lipinski definition) is 2. The first-order chi connectivity index (χ1) is 7.03. The Balaban J connectivity index is 2.31. The summed E-state index contributed by atoms with van der Waals surface area (Å²) in [5.74, 6) is 0.942. The molecule has 0 fully saturated rings. The summed E-state index contributed by atoms with van der Waals surface area (Å²) in [6, 6.07) is 3.72. The Kier molecular flexibility index (Phi) is 3.95. The van der Waals surface area contributed by atoms with Crippen LogP contribution in [0, 0.1) is 0 Å². The molecule has 0 aliphatic heterocycles. The zero-order valence-electron chi connectivity index (χ0n) is 9.67. The number of aryl methyl sites for hydroxylation is 1. The van der Waals surface area contributed by atoms with Gasteiger partial charge in [-0.1, -0.05) is 6.92 Å². The van der Waals surface area contributed by atoms with Crippen LogP contribution in [0.15, 0.2) is 22.8 Å². The fourth-order valence-corrected chi connectivity index (χ4v) is 1.22. The van der Waals surface area contributed by atoms with Crippen molar-refractivity contribution in [3.05, 3.63) is 24.2 Å². The molecular formula is C12H19NO2. The van der Waals surface area contributed by atoms with E-state index in [0.29, 0.717) is 12.8 Å². The summed E-state index contributed by atoms with van der Waals surface area (Å²) in [4.78, 5) is 11.6. The highest BCUT2D eigenvalue weighted by molar-refractivity contribution is 5.76. The third-order valence-electron chi connectivity index (χ3n) is 2.54. The number of furan rings is 1. The standard InChI is InChI=1S/C12H19NO2/c1-4-12(2,3)13-11(14)8-7-10-6-5-9-15-10/h5-6,9H,4,7-8H2,1-3H3,(H,13,14). The van der Waals surface area contributed by atoms with Crippen LogP contribution >= 0.6 is 0 Å². The molecule has 1 N–H and O–H groups in total. The van der Waals surface area contributed by atoms with Crippen LogP contribution in [0.5, 0.6) is 0 Å². The molecule has 1 aromatic heterocycles. The van der Waals surface area contributed by atoms with Crippen molar-refractivity contribution in [3.8, 4) is 0 Å². The molecule has 0 atom stereocenters. The van der Waals surface area contributed by atoms with E-state index in [4.69, 9.17) is 4.42 Å². The van der Waals surface area contributed by atoms with Crippen molar-refractivity contribution in [1.29, 1.82) is 0 Å². The lowest BCUT2D eigenvalue weighted by molar-refractivity contribution is -0.122. The van der Waals surface area contributed by atoms with Crippen LogP contribution in [0.25, 0.3) is 0 Å². The summed E-state index contributed by atoms with van der Waals surface area (Å²) >= 11 is 0. The molecule has 0 saturated heterocycles. The maximum atomic E-state index is 11.6. The summed E-state index contributed by atoms with van der Waals surface area (Å²) in [5, 5.41) is 2.99. The van der Waals surface area contributed by atoms with Crippen molar-refractivity contribution < 1.29 is 9.21 Å². The topological polar surface area (TPSA) is 42.2 Å². The Labute approximate surface area is 90.9 Å². The highest BCUT2D eigenvalue weighted by Gasteiger charge is 2.17. The molecule has 84 valence electrons. The zero-order valence-corrected chi connectivity index (χ0v) is 9.67. The lowest BCUT2D eigenvalue weighted by atomic mass is 10.0. The van der Waals surface area contributed by atoms with Crippen molar-refractivity contribution in [2.75, 3.05) is 0 Å². The molecule has 3 heteroatoms. The predicted octanol–water partition coefficient (Wildman–Crippen LogP) is 2.52. The summed E-state index contributed by atoms with van der Waals surface area (Å²) in [7, 11) is 0. The average molecular weight is 209 g/mol. The number of amides is 1. The maximum absolute atomic E-state index is 11.6. The summed E-state index contributed by atoms with van der Waals surface area (Å²) in [5.41, 5.74) is -0.111. The molecule has 15 heavy (non-hydrogen) atoms. The smallest absolute Gasteiger partial charge is 0.220 e. The monoisotopic (exact) mass is 209 g/mol. The van der Waals surface area contributed by atoms with Gasteiger partial charge in [0, 0.05) is 18.4 Å². The van der Waals surface area contributed by atoms with Crippen molar-refractivity contribution in [1.82, 2.24) is 5.32 Å². The maximum Gasteiger partial charge on any atom is 0.220 e. The van der Waals surface area contributed by atoms with Gasteiger partial charge in [-0.05, 0) is 32.4 Å². The third-order valence-corrected chi connectivity index (χ3v) is 2.54. The number of carbonyl (C=O) groups excluding carboxylic acids is 1. The van der Waals surface area contributed by atoms with Crippen molar-refractivity contribution in [3.63, 3.8) is 0 Å². The minimum absolute atomic E-state index is 0.0817.